The van der Waals surface area contributed by atoms with Crippen molar-refractivity contribution in [1.29, 1.82) is 0 Å². The molecule has 3 rings (SSSR count). The normalized spacial score (nSPS) is 12.5. The van der Waals surface area contributed by atoms with Crippen LogP contribution in [0.25, 0.3) is 17.0 Å². The van der Waals surface area contributed by atoms with Gasteiger partial charge in [0.05, 0.1) is 16.3 Å². The first-order valence-corrected chi connectivity index (χ1v) is 10.9. The average molecular weight is 476 g/mol. The molecule has 0 saturated carbocycles. The number of aliphatic imine (C=N–C) groups is 1. The number of anilines is 1. The van der Waals surface area contributed by atoms with Crippen molar-refractivity contribution in [3.63, 3.8) is 0 Å². The number of halogens is 3. The van der Waals surface area contributed by atoms with Gasteiger partial charge < -0.3 is 4.90 Å². The van der Waals surface area contributed by atoms with E-state index in [1.165, 1.54) is 42.5 Å². The predicted molar refractivity (Wildman–Crippen MR) is 119 cm³/mol. The summed E-state index contributed by atoms with van der Waals surface area (Å²) in [5.41, 5.74) is 0.487. The van der Waals surface area contributed by atoms with Gasteiger partial charge in [0.15, 0.2) is 5.69 Å². The monoisotopic (exact) mass is 476 g/mol. The number of nitrogens with zero attached hydrogens (tertiary/aromatic N) is 5. The Hall–Kier alpha value is -3.64. The Bertz CT molecular complexity index is 1320. The van der Waals surface area contributed by atoms with E-state index in [1.54, 1.807) is 25.1 Å². The van der Waals surface area contributed by atoms with Crippen LogP contribution in [0, 0.1) is 6.92 Å². The van der Waals surface area contributed by atoms with Crippen LogP contribution in [-0.2, 0) is 16.2 Å². The molecule has 0 unspecified atom stereocenters. The van der Waals surface area contributed by atoms with Crippen LogP contribution in [-0.4, -0.2) is 37.1 Å². The molecule has 8 nitrogen and oxygen atoms in total. The van der Waals surface area contributed by atoms with Gasteiger partial charge in [-0.15, -0.1) is 0 Å². The number of benzene rings is 1. The molecule has 33 heavy (non-hydrogen) atoms. The van der Waals surface area contributed by atoms with Crippen LogP contribution < -0.4 is 10.0 Å². The van der Waals surface area contributed by atoms with E-state index in [2.05, 4.69) is 26.7 Å². The number of nitrogens with two attached hydrogens (primary N) is 1. The number of rotatable bonds is 6. The van der Waals surface area contributed by atoms with Crippen molar-refractivity contribution in [3.05, 3.63) is 71.8 Å². The number of alkyl halides is 3. The summed E-state index contributed by atoms with van der Waals surface area (Å²) < 4.78 is 63.8. The fourth-order valence-corrected chi connectivity index (χ4v) is 3.34. The summed E-state index contributed by atoms with van der Waals surface area (Å²) in [5, 5.41) is 5.16. The number of hydrogen-bond donors (Lipinski definition) is 1. The fraction of sp³-hybridized carbons (Fsp3) is 0.143. The quantitative estimate of drug-likeness (QED) is 0.543. The molecule has 2 N–H and O–H groups in total. The van der Waals surface area contributed by atoms with Crippen LogP contribution in [0.3, 0.4) is 0 Å². The van der Waals surface area contributed by atoms with E-state index < -0.39 is 21.9 Å². The van der Waals surface area contributed by atoms with E-state index >= 15 is 0 Å². The summed E-state index contributed by atoms with van der Waals surface area (Å²) in [4.78, 5) is 16.9. The lowest BCUT2D eigenvalue weighted by molar-refractivity contribution is -0.141. The number of hydrogen-bond acceptors (Lipinski definition) is 7. The fourth-order valence-electron chi connectivity index (χ4n) is 2.78. The summed E-state index contributed by atoms with van der Waals surface area (Å²) >= 11 is 0. The standard InChI is InChI=1S/C21H19F3N6O2S/c1-13-7-8-15(11-27-13)17-10-19(21(22,23)24)29-20(28-17)30(3)12-18(26-2)14-5-4-6-16(9-14)33(25,31)32/h4-12H,2H2,1,3H3,(H2,25,31,32)/b18-12-. The van der Waals surface area contributed by atoms with E-state index in [9.17, 15) is 21.6 Å². The lowest BCUT2D eigenvalue weighted by Gasteiger charge is -2.17. The third-order valence-corrected chi connectivity index (χ3v) is 5.38. The van der Waals surface area contributed by atoms with Crippen molar-refractivity contribution in [3.8, 4) is 11.3 Å². The molecule has 0 amide bonds. The van der Waals surface area contributed by atoms with E-state index in [4.69, 9.17) is 5.14 Å². The minimum Gasteiger partial charge on any atom is -0.318 e. The van der Waals surface area contributed by atoms with E-state index in [-0.39, 0.29) is 22.2 Å². The summed E-state index contributed by atoms with van der Waals surface area (Å²) in [6, 6.07) is 9.71. The molecule has 0 radical (unpaired) electrons. The maximum absolute atomic E-state index is 13.5. The van der Waals surface area contributed by atoms with Crippen molar-refractivity contribution >= 4 is 28.4 Å². The maximum atomic E-state index is 13.5. The third kappa shape index (κ3) is 5.79. The van der Waals surface area contributed by atoms with E-state index in [0.29, 0.717) is 16.8 Å². The van der Waals surface area contributed by atoms with Crippen molar-refractivity contribution in [2.45, 2.75) is 18.0 Å². The molecule has 2 heterocycles. The SMILES string of the molecule is C=N/C(=C\N(C)c1nc(-c2ccc(C)nc2)cc(C(F)(F)F)n1)c1cccc(S(N)(=O)=O)c1. The zero-order chi connectivity index (χ0) is 24.4. The van der Waals surface area contributed by atoms with Crippen LogP contribution in [0.2, 0.25) is 0 Å². The number of aryl methyl sites for hydroxylation is 1. The summed E-state index contributed by atoms with van der Waals surface area (Å²) in [6.07, 6.45) is -1.95. The Labute approximate surface area is 188 Å². The second-order valence-corrected chi connectivity index (χ2v) is 8.54. The Morgan fingerprint density at radius 3 is 2.48 bits per heavy atom. The third-order valence-electron chi connectivity index (χ3n) is 4.47. The highest BCUT2D eigenvalue weighted by Gasteiger charge is 2.34. The first-order chi connectivity index (χ1) is 15.4. The second kappa shape index (κ2) is 9.08. The molecule has 0 aliphatic carbocycles. The Morgan fingerprint density at radius 2 is 1.91 bits per heavy atom. The number of pyridine rings is 1. The summed E-state index contributed by atoms with van der Waals surface area (Å²) in [6.45, 7) is 5.21. The molecule has 2 aromatic heterocycles. The topological polar surface area (TPSA) is 114 Å². The molecule has 0 bridgehead atoms. The Morgan fingerprint density at radius 1 is 1.18 bits per heavy atom. The van der Waals surface area contributed by atoms with Gasteiger partial charge in [0.25, 0.3) is 0 Å². The Kier molecular flexibility index (Phi) is 6.60. The molecule has 0 spiro atoms. The lowest BCUT2D eigenvalue weighted by Crippen LogP contribution is -2.17. The minimum atomic E-state index is -4.71. The first kappa shape index (κ1) is 24.0. The van der Waals surface area contributed by atoms with Gasteiger partial charge in [0, 0.05) is 36.3 Å². The highest BCUT2D eigenvalue weighted by Crippen LogP contribution is 2.32. The van der Waals surface area contributed by atoms with Crippen LogP contribution in [0.15, 0.2) is 64.7 Å². The van der Waals surface area contributed by atoms with Gasteiger partial charge in [0.2, 0.25) is 16.0 Å². The van der Waals surface area contributed by atoms with Crippen molar-refractivity contribution in [2.75, 3.05) is 11.9 Å². The smallest absolute Gasteiger partial charge is 0.318 e. The minimum absolute atomic E-state index is 0.0319. The lowest BCUT2D eigenvalue weighted by atomic mass is 10.1. The molecule has 0 aliphatic heterocycles. The first-order valence-electron chi connectivity index (χ1n) is 9.32. The second-order valence-electron chi connectivity index (χ2n) is 6.98. The predicted octanol–water partition coefficient (Wildman–Crippen LogP) is 3.65. The maximum Gasteiger partial charge on any atom is 0.433 e. The average Bonchev–Trinajstić information content (AvgIpc) is 2.76. The summed E-state index contributed by atoms with van der Waals surface area (Å²) in [7, 11) is -2.54. The summed E-state index contributed by atoms with van der Waals surface area (Å²) in [5.74, 6) is -0.260. The number of sulfonamides is 1. The molecular weight excluding hydrogens is 457 g/mol. The largest absolute Gasteiger partial charge is 0.433 e. The molecule has 1 aromatic carbocycles. The van der Waals surface area contributed by atoms with Crippen LogP contribution in [0.1, 0.15) is 17.0 Å². The van der Waals surface area contributed by atoms with Crippen molar-refractivity contribution < 1.29 is 21.6 Å². The van der Waals surface area contributed by atoms with Gasteiger partial charge in [-0.2, -0.15) is 13.2 Å². The molecule has 12 heteroatoms. The van der Waals surface area contributed by atoms with Gasteiger partial charge >= 0.3 is 6.18 Å². The van der Waals surface area contributed by atoms with Crippen LogP contribution >= 0.6 is 0 Å². The highest BCUT2D eigenvalue weighted by atomic mass is 32.2. The zero-order valence-corrected chi connectivity index (χ0v) is 18.4. The van der Waals surface area contributed by atoms with Gasteiger partial charge in [-0.05, 0) is 44.0 Å². The van der Waals surface area contributed by atoms with E-state index in [0.717, 1.165) is 6.07 Å². The molecule has 3 aromatic rings. The van der Waals surface area contributed by atoms with Crippen LogP contribution in [0.5, 0.6) is 0 Å². The number of primary sulfonamides is 1. The van der Waals surface area contributed by atoms with Gasteiger partial charge in [0.1, 0.15) is 0 Å². The van der Waals surface area contributed by atoms with Gasteiger partial charge in [-0.3, -0.25) is 9.98 Å². The molecule has 172 valence electrons. The van der Waals surface area contributed by atoms with Crippen molar-refractivity contribution in [2.24, 2.45) is 10.1 Å². The van der Waals surface area contributed by atoms with Crippen molar-refractivity contribution in [1.82, 2.24) is 15.0 Å². The van der Waals surface area contributed by atoms with E-state index in [1.807, 2.05) is 0 Å². The number of aromatic nitrogens is 3. The Balaban J connectivity index is 2.09. The van der Waals surface area contributed by atoms with Crippen LogP contribution in [0.4, 0.5) is 19.1 Å². The molecular formula is C21H19F3N6O2S. The molecule has 0 saturated heterocycles. The van der Waals surface area contributed by atoms with Gasteiger partial charge in [-0.1, -0.05) is 12.1 Å². The van der Waals surface area contributed by atoms with Gasteiger partial charge in [-0.25, -0.2) is 23.5 Å². The molecule has 0 atom stereocenters. The zero-order valence-electron chi connectivity index (χ0n) is 17.6. The molecule has 0 aliphatic rings. The highest BCUT2D eigenvalue weighted by molar-refractivity contribution is 7.89. The molecule has 0 fully saturated rings.